The van der Waals surface area contributed by atoms with Crippen LogP contribution in [0.25, 0.3) is 21.9 Å². The van der Waals surface area contributed by atoms with Crippen LogP contribution < -0.4 is 25.1 Å². The predicted octanol–water partition coefficient (Wildman–Crippen LogP) is 2.89. The van der Waals surface area contributed by atoms with Crippen molar-refractivity contribution in [2.24, 2.45) is 14.1 Å². The lowest BCUT2D eigenvalue weighted by molar-refractivity contribution is -0.113. The molecule has 9 nitrogen and oxygen atoms in total. The van der Waals surface area contributed by atoms with Crippen molar-refractivity contribution in [1.82, 2.24) is 14.1 Å². The zero-order valence-corrected chi connectivity index (χ0v) is 18.5. The molecule has 4 aromatic rings. The number of ether oxygens (including phenoxy) is 3. The van der Waals surface area contributed by atoms with Gasteiger partial charge in [0.25, 0.3) is 5.56 Å². The second-order valence-corrected chi connectivity index (χ2v) is 8.25. The van der Waals surface area contributed by atoms with E-state index in [1.165, 1.54) is 16.3 Å². The van der Waals surface area contributed by atoms with Crippen molar-refractivity contribution in [3.05, 3.63) is 46.8 Å². The number of nitrogens with one attached hydrogen (secondary N) is 1. The number of amides is 1. The Labute approximate surface area is 186 Å². The molecular weight excluding hydrogens is 432 g/mol. The van der Waals surface area contributed by atoms with E-state index in [9.17, 15) is 9.59 Å². The molecule has 1 amide bonds. The number of carbonyl (C=O) groups is 1. The van der Waals surface area contributed by atoms with E-state index < -0.39 is 0 Å². The fourth-order valence-electron chi connectivity index (χ4n) is 3.74. The molecule has 1 aliphatic rings. The summed E-state index contributed by atoms with van der Waals surface area (Å²) in [6.45, 7) is 0.171. The number of hydrogen-bond acceptors (Lipinski definition) is 7. The molecule has 2 aromatic carbocycles. The number of anilines is 1. The van der Waals surface area contributed by atoms with Gasteiger partial charge in [0.2, 0.25) is 12.7 Å². The van der Waals surface area contributed by atoms with Gasteiger partial charge < -0.3 is 24.1 Å². The van der Waals surface area contributed by atoms with Crippen LogP contribution in [0.15, 0.2) is 46.3 Å². The van der Waals surface area contributed by atoms with Crippen molar-refractivity contribution >= 4 is 45.3 Å². The van der Waals surface area contributed by atoms with Gasteiger partial charge in [0.05, 0.1) is 18.4 Å². The average Bonchev–Trinajstić information content (AvgIpc) is 3.37. The number of aromatic nitrogens is 3. The summed E-state index contributed by atoms with van der Waals surface area (Å²) in [5.74, 6) is 1.80. The van der Waals surface area contributed by atoms with Gasteiger partial charge in [0, 0.05) is 31.2 Å². The maximum atomic E-state index is 13.1. The molecule has 5 rings (SSSR count). The van der Waals surface area contributed by atoms with E-state index >= 15 is 0 Å². The number of carbonyl (C=O) groups excluding carboxylic acids is 1. The number of aryl methyl sites for hydroxylation is 1. The second-order valence-electron chi connectivity index (χ2n) is 7.30. The molecule has 0 fully saturated rings. The number of benzene rings is 2. The Morgan fingerprint density at radius 3 is 2.78 bits per heavy atom. The van der Waals surface area contributed by atoms with Crippen molar-refractivity contribution in [2.75, 3.05) is 25.0 Å². The molecule has 32 heavy (non-hydrogen) atoms. The number of rotatable bonds is 5. The first kappa shape index (κ1) is 20.3. The highest BCUT2D eigenvalue weighted by Crippen LogP contribution is 2.34. The maximum Gasteiger partial charge on any atom is 0.278 e. The zero-order valence-electron chi connectivity index (χ0n) is 17.7. The lowest BCUT2D eigenvalue weighted by Gasteiger charge is -2.09. The summed E-state index contributed by atoms with van der Waals surface area (Å²) >= 11 is 1.20. The number of methoxy groups -OCH3 is 1. The summed E-state index contributed by atoms with van der Waals surface area (Å²) in [4.78, 5) is 30.3. The second kappa shape index (κ2) is 7.79. The lowest BCUT2D eigenvalue weighted by atomic mass is 10.2. The minimum Gasteiger partial charge on any atom is -0.497 e. The molecule has 1 aliphatic heterocycles. The monoisotopic (exact) mass is 452 g/mol. The van der Waals surface area contributed by atoms with Crippen molar-refractivity contribution in [3.63, 3.8) is 0 Å². The molecule has 0 aliphatic carbocycles. The van der Waals surface area contributed by atoms with E-state index in [4.69, 9.17) is 19.2 Å². The first-order chi connectivity index (χ1) is 15.5. The van der Waals surface area contributed by atoms with E-state index in [0.29, 0.717) is 39.1 Å². The normalized spacial score (nSPS) is 12.5. The molecule has 0 saturated heterocycles. The lowest BCUT2D eigenvalue weighted by Crippen LogP contribution is -2.22. The highest BCUT2D eigenvalue weighted by molar-refractivity contribution is 7.99. The summed E-state index contributed by atoms with van der Waals surface area (Å²) in [7, 11) is 5.09. The van der Waals surface area contributed by atoms with Crippen LogP contribution in [-0.2, 0) is 18.9 Å². The van der Waals surface area contributed by atoms with Gasteiger partial charge in [-0.2, -0.15) is 0 Å². The number of nitrogens with zero attached hydrogens (tertiary/aromatic N) is 3. The van der Waals surface area contributed by atoms with Crippen LogP contribution in [0.1, 0.15) is 0 Å². The molecule has 2 aromatic heterocycles. The first-order valence-corrected chi connectivity index (χ1v) is 10.8. The van der Waals surface area contributed by atoms with Crippen LogP contribution in [0.4, 0.5) is 5.69 Å². The molecule has 164 valence electrons. The SMILES string of the molecule is COc1ccc2c(c1)c1nc(SCC(=O)Nc3ccc4c(c3)OCO4)n(C)c(=O)c1n2C. The number of thioether (sulfide) groups is 1. The molecular formula is C22H20N4O5S. The van der Waals surface area contributed by atoms with Gasteiger partial charge in [-0.3, -0.25) is 14.2 Å². The average molecular weight is 452 g/mol. The van der Waals surface area contributed by atoms with Crippen LogP contribution in [0, 0.1) is 0 Å². The van der Waals surface area contributed by atoms with Crippen LogP contribution in [0.2, 0.25) is 0 Å². The van der Waals surface area contributed by atoms with Crippen LogP contribution in [0.3, 0.4) is 0 Å². The van der Waals surface area contributed by atoms with E-state index in [1.54, 1.807) is 32.4 Å². The van der Waals surface area contributed by atoms with Crippen molar-refractivity contribution in [1.29, 1.82) is 0 Å². The molecule has 0 atom stereocenters. The highest BCUT2D eigenvalue weighted by Gasteiger charge is 2.19. The summed E-state index contributed by atoms with van der Waals surface area (Å²) in [5.41, 5.74) is 2.41. The molecule has 0 bridgehead atoms. The molecule has 0 radical (unpaired) electrons. The van der Waals surface area contributed by atoms with Gasteiger partial charge in [-0.25, -0.2) is 4.98 Å². The van der Waals surface area contributed by atoms with Crippen LogP contribution in [0.5, 0.6) is 17.2 Å². The van der Waals surface area contributed by atoms with E-state index in [1.807, 2.05) is 29.8 Å². The Kier molecular flexibility index (Phi) is 4.93. The maximum absolute atomic E-state index is 13.1. The minimum atomic E-state index is -0.220. The van der Waals surface area contributed by atoms with E-state index in [2.05, 4.69) is 5.32 Å². The van der Waals surface area contributed by atoms with Crippen molar-refractivity contribution in [3.8, 4) is 17.2 Å². The fourth-order valence-corrected chi connectivity index (χ4v) is 4.50. The van der Waals surface area contributed by atoms with E-state index in [0.717, 1.165) is 10.9 Å². The predicted molar refractivity (Wildman–Crippen MR) is 122 cm³/mol. The molecule has 10 heteroatoms. The standard InChI is InChI=1S/C22H20N4O5S/c1-25-15-6-5-13(29-3)9-14(15)19-20(25)21(28)26(2)22(24-19)32-10-18(27)23-12-4-7-16-17(8-12)31-11-30-16/h4-9H,10-11H2,1-3H3,(H,23,27). The van der Waals surface area contributed by atoms with Gasteiger partial charge in [-0.05, 0) is 30.3 Å². The van der Waals surface area contributed by atoms with Gasteiger partial charge in [0.1, 0.15) is 16.8 Å². The smallest absolute Gasteiger partial charge is 0.278 e. The minimum absolute atomic E-state index is 0.0916. The quantitative estimate of drug-likeness (QED) is 0.367. The number of hydrogen-bond donors (Lipinski definition) is 1. The van der Waals surface area contributed by atoms with Gasteiger partial charge in [-0.15, -0.1) is 0 Å². The molecule has 1 N–H and O–H groups in total. The Hall–Kier alpha value is -3.66. The van der Waals surface area contributed by atoms with Crippen molar-refractivity contribution < 1.29 is 19.0 Å². The van der Waals surface area contributed by atoms with Crippen LogP contribution in [-0.4, -0.2) is 39.7 Å². The highest BCUT2D eigenvalue weighted by atomic mass is 32.2. The van der Waals surface area contributed by atoms with Crippen molar-refractivity contribution in [2.45, 2.75) is 5.16 Å². The third-order valence-corrected chi connectivity index (χ3v) is 6.40. The van der Waals surface area contributed by atoms with E-state index in [-0.39, 0.29) is 24.0 Å². The van der Waals surface area contributed by atoms with Gasteiger partial charge in [0.15, 0.2) is 16.7 Å². The number of fused-ring (bicyclic) bond motifs is 4. The molecule has 3 heterocycles. The van der Waals surface area contributed by atoms with Gasteiger partial charge >= 0.3 is 0 Å². The topological polar surface area (TPSA) is 96.6 Å². The summed E-state index contributed by atoms with van der Waals surface area (Å²) in [5, 5.41) is 4.11. The molecule has 0 unspecified atom stereocenters. The third kappa shape index (κ3) is 3.32. The molecule has 0 saturated carbocycles. The largest absolute Gasteiger partial charge is 0.497 e. The summed E-state index contributed by atoms with van der Waals surface area (Å²) in [6.07, 6.45) is 0. The third-order valence-electron chi connectivity index (χ3n) is 5.37. The van der Waals surface area contributed by atoms with Gasteiger partial charge in [-0.1, -0.05) is 11.8 Å². The Balaban J connectivity index is 1.42. The summed E-state index contributed by atoms with van der Waals surface area (Å²) < 4.78 is 19.3. The Bertz CT molecular complexity index is 1440. The molecule has 0 spiro atoms. The Morgan fingerprint density at radius 1 is 1.16 bits per heavy atom. The fraction of sp³-hybridized carbons (Fsp3) is 0.227. The summed E-state index contributed by atoms with van der Waals surface area (Å²) in [6, 6.07) is 10.8. The first-order valence-electron chi connectivity index (χ1n) is 9.81. The van der Waals surface area contributed by atoms with Crippen LogP contribution >= 0.6 is 11.8 Å². The zero-order chi connectivity index (χ0) is 22.4. The Morgan fingerprint density at radius 2 is 1.97 bits per heavy atom.